The summed E-state index contributed by atoms with van der Waals surface area (Å²) in [5.74, 6) is 1.25. The van der Waals surface area contributed by atoms with Crippen LogP contribution in [0.15, 0.2) is 12.3 Å². The lowest BCUT2D eigenvalue weighted by molar-refractivity contribution is 0.400. The molecule has 0 aromatic carbocycles. The number of hydrogen-bond donors (Lipinski definition) is 1. The number of nitrogens with two attached hydrogens (primary N) is 1. The van der Waals surface area contributed by atoms with Crippen molar-refractivity contribution in [2.75, 3.05) is 44.4 Å². The maximum absolute atomic E-state index is 5.64. The van der Waals surface area contributed by atoms with Crippen LogP contribution >= 0.6 is 0 Å². The van der Waals surface area contributed by atoms with Crippen LogP contribution in [0.2, 0.25) is 0 Å². The molecular formula is C11H21N5. The first-order chi connectivity index (χ1) is 7.63. The van der Waals surface area contributed by atoms with Crippen LogP contribution in [0.3, 0.4) is 0 Å². The molecule has 5 nitrogen and oxygen atoms in total. The monoisotopic (exact) mass is 223 g/mol. The maximum Gasteiger partial charge on any atom is 0.227 e. The van der Waals surface area contributed by atoms with Crippen LogP contribution in [-0.4, -0.2) is 48.6 Å². The van der Waals surface area contributed by atoms with E-state index in [9.17, 15) is 0 Å². The third-order valence-corrected chi connectivity index (χ3v) is 2.36. The smallest absolute Gasteiger partial charge is 0.227 e. The van der Waals surface area contributed by atoms with E-state index in [1.54, 1.807) is 12.3 Å². The van der Waals surface area contributed by atoms with Crippen molar-refractivity contribution in [3.8, 4) is 0 Å². The second kappa shape index (κ2) is 6.27. The topological polar surface area (TPSA) is 58.3 Å². The van der Waals surface area contributed by atoms with Gasteiger partial charge in [-0.25, -0.2) is 4.98 Å². The van der Waals surface area contributed by atoms with Crippen molar-refractivity contribution in [3.63, 3.8) is 0 Å². The van der Waals surface area contributed by atoms with Crippen LogP contribution in [0.5, 0.6) is 0 Å². The van der Waals surface area contributed by atoms with Crippen molar-refractivity contribution in [3.05, 3.63) is 12.3 Å². The highest BCUT2D eigenvalue weighted by Crippen LogP contribution is 2.08. The van der Waals surface area contributed by atoms with E-state index in [4.69, 9.17) is 5.73 Å². The SMILES string of the molecule is CCN(CCCN(C)C)c1nccc(N)n1. The first kappa shape index (κ1) is 12.7. The molecule has 1 heterocycles. The van der Waals surface area contributed by atoms with Gasteiger partial charge in [-0.3, -0.25) is 0 Å². The Bertz CT molecular complexity index is 313. The highest BCUT2D eigenvalue weighted by atomic mass is 15.3. The minimum atomic E-state index is 0.524. The third-order valence-electron chi connectivity index (χ3n) is 2.36. The Morgan fingerprint density at radius 1 is 1.31 bits per heavy atom. The van der Waals surface area contributed by atoms with Crippen LogP contribution in [0.1, 0.15) is 13.3 Å². The average Bonchev–Trinajstić information content (AvgIpc) is 2.24. The Kier molecular flexibility index (Phi) is 4.98. The van der Waals surface area contributed by atoms with Gasteiger partial charge in [0.25, 0.3) is 0 Å². The Morgan fingerprint density at radius 3 is 2.62 bits per heavy atom. The summed E-state index contributed by atoms with van der Waals surface area (Å²) in [4.78, 5) is 12.8. The molecule has 5 heteroatoms. The van der Waals surface area contributed by atoms with Crippen LogP contribution in [0.4, 0.5) is 11.8 Å². The molecule has 0 unspecified atom stereocenters. The summed E-state index contributed by atoms with van der Waals surface area (Å²) in [7, 11) is 4.15. The molecular weight excluding hydrogens is 202 g/mol. The van der Waals surface area contributed by atoms with Crippen LogP contribution in [0, 0.1) is 0 Å². The molecule has 0 bridgehead atoms. The van der Waals surface area contributed by atoms with Gasteiger partial charge in [0.15, 0.2) is 0 Å². The van der Waals surface area contributed by atoms with Crippen molar-refractivity contribution in [1.82, 2.24) is 14.9 Å². The molecule has 2 N–H and O–H groups in total. The van der Waals surface area contributed by atoms with Crippen molar-refractivity contribution >= 4 is 11.8 Å². The molecule has 0 atom stereocenters. The van der Waals surface area contributed by atoms with E-state index in [0.29, 0.717) is 5.82 Å². The zero-order valence-corrected chi connectivity index (χ0v) is 10.3. The quantitative estimate of drug-likeness (QED) is 0.774. The second-order valence-corrected chi connectivity index (χ2v) is 4.02. The Balaban J connectivity index is 2.53. The van der Waals surface area contributed by atoms with Crippen molar-refractivity contribution in [2.24, 2.45) is 0 Å². The van der Waals surface area contributed by atoms with Gasteiger partial charge >= 0.3 is 0 Å². The van der Waals surface area contributed by atoms with E-state index in [1.165, 1.54) is 0 Å². The molecule has 0 saturated carbocycles. The van der Waals surface area contributed by atoms with Crippen LogP contribution in [0.25, 0.3) is 0 Å². The number of rotatable bonds is 6. The molecule has 0 aliphatic heterocycles. The van der Waals surface area contributed by atoms with Gasteiger partial charge in [0.2, 0.25) is 5.95 Å². The number of nitrogen functional groups attached to an aromatic ring is 1. The predicted octanol–water partition coefficient (Wildman–Crippen LogP) is 0.837. The molecule has 1 rings (SSSR count). The summed E-state index contributed by atoms with van der Waals surface area (Å²) in [6.07, 6.45) is 2.80. The van der Waals surface area contributed by atoms with Crippen molar-refractivity contribution in [2.45, 2.75) is 13.3 Å². The molecule has 16 heavy (non-hydrogen) atoms. The molecule has 90 valence electrons. The fraction of sp³-hybridized carbons (Fsp3) is 0.636. The van der Waals surface area contributed by atoms with Gasteiger partial charge in [0, 0.05) is 19.3 Å². The third kappa shape index (κ3) is 4.02. The highest BCUT2D eigenvalue weighted by molar-refractivity contribution is 5.37. The number of anilines is 2. The lowest BCUT2D eigenvalue weighted by atomic mass is 10.3. The van der Waals surface area contributed by atoms with Gasteiger partial charge in [-0.1, -0.05) is 0 Å². The first-order valence-corrected chi connectivity index (χ1v) is 5.61. The average molecular weight is 223 g/mol. The van der Waals surface area contributed by atoms with Gasteiger partial charge in [0.1, 0.15) is 5.82 Å². The molecule has 0 radical (unpaired) electrons. The molecule has 0 aliphatic rings. The summed E-state index contributed by atoms with van der Waals surface area (Å²) in [5, 5.41) is 0. The fourth-order valence-corrected chi connectivity index (χ4v) is 1.49. The Labute approximate surface area is 97.3 Å². The normalized spacial score (nSPS) is 10.8. The van der Waals surface area contributed by atoms with Gasteiger partial charge in [0.05, 0.1) is 0 Å². The molecule has 0 fully saturated rings. The summed E-state index contributed by atoms with van der Waals surface area (Å²) < 4.78 is 0. The summed E-state index contributed by atoms with van der Waals surface area (Å²) in [6.45, 7) is 5.02. The van der Waals surface area contributed by atoms with Crippen molar-refractivity contribution < 1.29 is 0 Å². The number of nitrogens with zero attached hydrogens (tertiary/aromatic N) is 4. The van der Waals surface area contributed by atoms with Gasteiger partial charge < -0.3 is 15.5 Å². The maximum atomic E-state index is 5.64. The van der Waals surface area contributed by atoms with E-state index in [1.807, 2.05) is 0 Å². The molecule has 0 amide bonds. The largest absolute Gasteiger partial charge is 0.384 e. The molecule has 0 spiro atoms. The second-order valence-electron chi connectivity index (χ2n) is 4.02. The van der Waals surface area contributed by atoms with E-state index in [-0.39, 0.29) is 0 Å². The van der Waals surface area contributed by atoms with Crippen molar-refractivity contribution in [1.29, 1.82) is 0 Å². The van der Waals surface area contributed by atoms with Gasteiger partial charge in [-0.05, 0) is 40.1 Å². The lowest BCUT2D eigenvalue weighted by Crippen LogP contribution is -2.28. The molecule has 0 saturated heterocycles. The van der Waals surface area contributed by atoms with E-state index in [0.717, 1.165) is 32.0 Å². The van der Waals surface area contributed by atoms with E-state index >= 15 is 0 Å². The minimum Gasteiger partial charge on any atom is -0.384 e. The first-order valence-electron chi connectivity index (χ1n) is 5.61. The predicted molar refractivity (Wildman–Crippen MR) is 67.5 cm³/mol. The Morgan fingerprint density at radius 2 is 2.06 bits per heavy atom. The summed E-state index contributed by atoms with van der Waals surface area (Å²) >= 11 is 0. The van der Waals surface area contributed by atoms with Crippen LogP contribution < -0.4 is 10.6 Å². The minimum absolute atomic E-state index is 0.524. The molecule has 1 aromatic heterocycles. The zero-order chi connectivity index (χ0) is 12.0. The number of aromatic nitrogens is 2. The lowest BCUT2D eigenvalue weighted by Gasteiger charge is -2.21. The number of hydrogen-bond acceptors (Lipinski definition) is 5. The van der Waals surface area contributed by atoms with Crippen LogP contribution in [-0.2, 0) is 0 Å². The summed E-state index contributed by atoms with van der Waals surface area (Å²) in [6, 6.07) is 1.71. The molecule has 0 aliphatic carbocycles. The van der Waals surface area contributed by atoms with E-state index < -0.39 is 0 Å². The fourth-order valence-electron chi connectivity index (χ4n) is 1.49. The van der Waals surface area contributed by atoms with E-state index in [2.05, 4.69) is 40.8 Å². The summed E-state index contributed by atoms with van der Waals surface area (Å²) in [5.41, 5.74) is 5.64. The standard InChI is InChI=1S/C11H21N5/c1-4-16(9-5-8-15(2)3)11-13-7-6-10(12)14-11/h6-7H,4-5,8-9H2,1-3H3,(H2,12,13,14). The van der Waals surface area contributed by atoms with Gasteiger partial charge in [-0.2, -0.15) is 4.98 Å². The Hall–Kier alpha value is -1.36. The highest BCUT2D eigenvalue weighted by Gasteiger charge is 2.07. The molecule has 1 aromatic rings. The van der Waals surface area contributed by atoms with Gasteiger partial charge in [-0.15, -0.1) is 0 Å². The zero-order valence-electron chi connectivity index (χ0n) is 10.3.